The Balaban J connectivity index is 1.63. The van der Waals surface area contributed by atoms with E-state index in [2.05, 4.69) is 9.89 Å². The fraction of sp³-hybridized carbons (Fsp3) is 0.889. The van der Waals surface area contributed by atoms with E-state index in [0.29, 0.717) is 12.0 Å². The zero-order valence-electron chi connectivity index (χ0n) is 15.1. The average Bonchev–Trinajstić information content (AvgIpc) is 3.27. The van der Waals surface area contributed by atoms with Gasteiger partial charge in [0.15, 0.2) is 15.0 Å². The molecule has 4 fully saturated rings. The molecular formula is C18H28N2O3S2. The number of hydrogen-bond donors (Lipinski definition) is 0. The van der Waals surface area contributed by atoms with Gasteiger partial charge in [0.05, 0.1) is 17.5 Å². The first-order valence-corrected chi connectivity index (χ1v) is 12.4. The Hall–Kier alpha value is -0.560. The second-order valence-corrected chi connectivity index (χ2v) is 11.6. The summed E-state index contributed by atoms with van der Waals surface area (Å²) in [5.74, 6) is 1.87. The summed E-state index contributed by atoms with van der Waals surface area (Å²) in [6, 6.07) is 0.412. The smallest absolute Gasteiger partial charge is 0.251 e. The molecule has 0 aromatic rings. The lowest BCUT2D eigenvalue weighted by molar-refractivity contribution is -0.121. The van der Waals surface area contributed by atoms with E-state index in [1.807, 2.05) is 13.8 Å². The maximum Gasteiger partial charge on any atom is 0.251 e. The topological polar surface area (TPSA) is 66.8 Å². The molecule has 4 rings (SSSR count). The van der Waals surface area contributed by atoms with Gasteiger partial charge >= 0.3 is 0 Å². The quantitative estimate of drug-likeness (QED) is 0.745. The van der Waals surface area contributed by atoms with E-state index >= 15 is 0 Å². The van der Waals surface area contributed by atoms with E-state index in [4.69, 9.17) is 0 Å². The summed E-state index contributed by atoms with van der Waals surface area (Å²) in [4.78, 5) is 19.4. The number of hydrogen-bond acceptors (Lipinski definition) is 4. The van der Waals surface area contributed by atoms with E-state index in [-0.39, 0.29) is 34.6 Å². The van der Waals surface area contributed by atoms with Crippen LogP contribution in [0, 0.1) is 17.8 Å². The average molecular weight is 385 g/mol. The number of fused-ring (bicyclic) bond motifs is 3. The number of amides is 1. The molecule has 140 valence electrons. The zero-order valence-corrected chi connectivity index (χ0v) is 16.7. The molecule has 2 aliphatic heterocycles. The summed E-state index contributed by atoms with van der Waals surface area (Å²) in [6.07, 6.45) is 6.59. The van der Waals surface area contributed by atoms with Gasteiger partial charge in [0, 0.05) is 17.2 Å². The third-order valence-electron chi connectivity index (χ3n) is 6.71. The van der Waals surface area contributed by atoms with Crippen molar-refractivity contribution in [2.75, 3.05) is 11.5 Å². The minimum Gasteiger partial charge on any atom is -0.343 e. The van der Waals surface area contributed by atoms with Gasteiger partial charge in [-0.1, -0.05) is 32.0 Å². The fourth-order valence-electron chi connectivity index (χ4n) is 5.35. The molecule has 0 aromatic heterocycles. The van der Waals surface area contributed by atoms with E-state index in [9.17, 15) is 13.2 Å². The molecule has 0 N–H and O–H groups in total. The van der Waals surface area contributed by atoms with Crippen molar-refractivity contribution in [1.82, 2.24) is 4.90 Å². The summed E-state index contributed by atoms with van der Waals surface area (Å²) in [7, 11) is -2.96. The second-order valence-electron chi connectivity index (χ2n) is 8.20. The van der Waals surface area contributed by atoms with Crippen molar-refractivity contribution in [3.63, 3.8) is 0 Å². The molecule has 2 bridgehead atoms. The summed E-state index contributed by atoms with van der Waals surface area (Å²) >= 11 is 1.55. The summed E-state index contributed by atoms with van der Waals surface area (Å²) in [5.41, 5.74) is 0. The van der Waals surface area contributed by atoms with Gasteiger partial charge in [0.2, 0.25) is 0 Å². The monoisotopic (exact) mass is 384 g/mol. The summed E-state index contributed by atoms with van der Waals surface area (Å²) < 4.78 is 24.3. The van der Waals surface area contributed by atoms with E-state index < -0.39 is 9.84 Å². The Labute approximate surface area is 154 Å². The van der Waals surface area contributed by atoms with Crippen molar-refractivity contribution in [2.24, 2.45) is 22.7 Å². The minimum absolute atomic E-state index is 0.0147. The highest BCUT2D eigenvalue weighted by atomic mass is 32.2. The lowest BCUT2D eigenvalue weighted by Crippen LogP contribution is -2.47. The fourth-order valence-corrected chi connectivity index (χ4v) is 9.33. The van der Waals surface area contributed by atoms with Gasteiger partial charge in [-0.3, -0.25) is 4.79 Å². The number of nitrogens with zero attached hydrogens (tertiary/aromatic N) is 2. The van der Waals surface area contributed by atoms with Gasteiger partial charge < -0.3 is 4.90 Å². The van der Waals surface area contributed by atoms with Crippen LogP contribution in [0.1, 0.15) is 52.4 Å². The van der Waals surface area contributed by atoms with Crippen LogP contribution in [0.3, 0.4) is 0 Å². The highest BCUT2D eigenvalue weighted by molar-refractivity contribution is 8.15. The Kier molecular flexibility index (Phi) is 4.67. The van der Waals surface area contributed by atoms with Crippen LogP contribution in [0.5, 0.6) is 0 Å². The maximum absolute atomic E-state index is 12.6. The van der Waals surface area contributed by atoms with Crippen LogP contribution in [0.4, 0.5) is 0 Å². The van der Waals surface area contributed by atoms with Crippen LogP contribution in [0.15, 0.2) is 4.99 Å². The van der Waals surface area contributed by atoms with Crippen LogP contribution >= 0.6 is 11.8 Å². The summed E-state index contributed by atoms with van der Waals surface area (Å²) in [6.45, 7) is 4.06. The Morgan fingerprint density at radius 1 is 1.20 bits per heavy atom. The molecule has 1 amide bonds. The molecule has 0 unspecified atom stereocenters. The number of sulfone groups is 1. The van der Waals surface area contributed by atoms with Crippen LogP contribution in [0.25, 0.3) is 0 Å². The predicted octanol–water partition coefficient (Wildman–Crippen LogP) is 2.71. The Bertz CT molecular complexity index is 686. The van der Waals surface area contributed by atoms with Crippen molar-refractivity contribution in [1.29, 1.82) is 0 Å². The number of carbonyl (C=O) groups is 1. The standard InChI is InChI=1S/C18H28N2O3S2/c1-3-12(4-2)17(21)19-18-20(14-8-11-5-6-13(14)7-11)15-9-25(22,23)10-16(15)24-18/h11-16H,3-10H2,1-2H3/t11-,13-,14-,15+,16+/m1/s1. The van der Waals surface area contributed by atoms with Gasteiger partial charge in [-0.15, -0.1) is 0 Å². The highest BCUT2D eigenvalue weighted by Crippen LogP contribution is 2.51. The van der Waals surface area contributed by atoms with Crippen LogP contribution < -0.4 is 0 Å². The zero-order chi connectivity index (χ0) is 17.8. The number of carbonyl (C=O) groups excluding carboxylic acids is 1. The molecular weight excluding hydrogens is 356 g/mol. The van der Waals surface area contributed by atoms with E-state index in [1.165, 1.54) is 19.3 Å². The molecule has 0 radical (unpaired) electrons. The van der Waals surface area contributed by atoms with E-state index in [0.717, 1.165) is 30.3 Å². The molecule has 7 heteroatoms. The molecule has 2 saturated carbocycles. The number of rotatable bonds is 4. The van der Waals surface area contributed by atoms with Gasteiger partial charge in [0.25, 0.3) is 5.91 Å². The first-order valence-electron chi connectivity index (χ1n) is 9.69. The van der Waals surface area contributed by atoms with Crippen LogP contribution in [-0.4, -0.2) is 53.2 Å². The minimum atomic E-state index is -2.96. The largest absolute Gasteiger partial charge is 0.343 e. The molecule has 2 aliphatic carbocycles. The van der Waals surface area contributed by atoms with Crippen molar-refractivity contribution >= 4 is 32.7 Å². The van der Waals surface area contributed by atoms with Gasteiger partial charge in [-0.05, 0) is 43.9 Å². The maximum atomic E-state index is 12.6. The molecule has 4 aliphatic rings. The molecule has 0 aromatic carbocycles. The molecule has 0 spiro atoms. The van der Waals surface area contributed by atoms with Gasteiger partial charge in [0.1, 0.15) is 0 Å². The normalized spacial score (nSPS) is 40.4. The SMILES string of the molecule is CCC(CC)C(=O)N=C1S[C@H]2CS(=O)(=O)C[C@@H]2N1[C@@H]1C[C@@H]2CC[C@@H]1C2. The lowest BCUT2D eigenvalue weighted by atomic mass is 9.93. The van der Waals surface area contributed by atoms with Crippen molar-refractivity contribution in [3.8, 4) is 0 Å². The number of amidine groups is 1. The predicted molar refractivity (Wildman–Crippen MR) is 101 cm³/mol. The van der Waals surface area contributed by atoms with Gasteiger partial charge in [-0.25, -0.2) is 8.42 Å². The highest BCUT2D eigenvalue weighted by Gasteiger charge is 2.54. The van der Waals surface area contributed by atoms with Crippen molar-refractivity contribution < 1.29 is 13.2 Å². The molecule has 5 atom stereocenters. The Morgan fingerprint density at radius 3 is 2.56 bits per heavy atom. The summed E-state index contributed by atoms with van der Waals surface area (Å²) in [5, 5.41) is 0.872. The lowest BCUT2D eigenvalue weighted by Gasteiger charge is -2.36. The first kappa shape index (κ1) is 17.8. The van der Waals surface area contributed by atoms with Crippen molar-refractivity contribution in [3.05, 3.63) is 0 Å². The van der Waals surface area contributed by atoms with Crippen molar-refractivity contribution in [2.45, 2.75) is 69.7 Å². The van der Waals surface area contributed by atoms with Gasteiger partial charge in [-0.2, -0.15) is 4.99 Å². The number of thioether (sulfide) groups is 1. The number of aliphatic imine (C=N–C) groups is 1. The Morgan fingerprint density at radius 2 is 1.96 bits per heavy atom. The third-order valence-corrected chi connectivity index (χ3v) is 9.93. The second kappa shape index (κ2) is 6.55. The third kappa shape index (κ3) is 3.15. The van der Waals surface area contributed by atoms with Crippen LogP contribution in [-0.2, 0) is 14.6 Å². The van der Waals surface area contributed by atoms with Crippen LogP contribution in [0.2, 0.25) is 0 Å². The molecule has 2 saturated heterocycles. The molecule has 25 heavy (non-hydrogen) atoms. The first-order chi connectivity index (χ1) is 11.9. The molecule has 2 heterocycles. The van der Waals surface area contributed by atoms with E-state index in [1.54, 1.807) is 11.8 Å². The molecule has 5 nitrogen and oxygen atoms in total.